The van der Waals surface area contributed by atoms with Crippen molar-refractivity contribution in [3.05, 3.63) is 60.2 Å². The van der Waals surface area contributed by atoms with Gasteiger partial charge in [0.1, 0.15) is 5.60 Å². The molecule has 0 heterocycles. The predicted molar refractivity (Wildman–Crippen MR) is 110 cm³/mol. The molecule has 0 spiro atoms. The highest BCUT2D eigenvalue weighted by Crippen LogP contribution is 2.29. The van der Waals surface area contributed by atoms with Crippen LogP contribution < -0.4 is 5.32 Å². The van der Waals surface area contributed by atoms with E-state index in [0.29, 0.717) is 12.8 Å². The van der Waals surface area contributed by atoms with Crippen LogP contribution in [-0.4, -0.2) is 29.4 Å². The molecule has 0 bridgehead atoms. The Balaban J connectivity index is 1.97. The number of rotatable bonds is 5. The molecule has 3 aromatic carbocycles. The lowest BCUT2D eigenvalue weighted by Crippen LogP contribution is -2.40. The first-order valence-corrected chi connectivity index (χ1v) is 9.37. The van der Waals surface area contributed by atoms with Gasteiger partial charge in [-0.05, 0) is 66.8 Å². The summed E-state index contributed by atoms with van der Waals surface area (Å²) < 4.78 is 5.40. The molecule has 0 aliphatic heterocycles. The highest BCUT2D eigenvalue weighted by atomic mass is 16.6. The van der Waals surface area contributed by atoms with Gasteiger partial charge in [0, 0.05) is 12.6 Å². The summed E-state index contributed by atoms with van der Waals surface area (Å²) in [4.78, 5) is 12.2. The minimum atomic E-state index is -0.556. The molecule has 3 rings (SSSR count). The number of aliphatic hydroxyl groups excluding tert-OH is 1. The van der Waals surface area contributed by atoms with Crippen molar-refractivity contribution in [1.29, 1.82) is 0 Å². The molecule has 0 saturated carbocycles. The molecule has 142 valence electrons. The number of benzene rings is 3. The summed E-state index contributed by atoms with van der Waals surface area (Å²) >= 11 is 0. The second-order valence-corrected chi connectivity index (χ2v) is 7.86. The van der Waals surface area contributed by atoms with Crippen molar-refractivity contribution < 1.29 is 14.6 Å². The topological polar surface area (TPSA) is 58.6 Å². The zero-order chi connectivity index (χ0) is 19.4. The van der Waals surface area contributed by atoms with Crippen molar-refractivity contribution >= 4 is 27.6 Å². The number of fused-ring (bicyclic) bond motifs is 2. The molecule has 0 fully saturated rings. The molecule has 2 N–H and O–H groups in total. The van der Waals surface area contributed by atoms with Crippen LogP contribution >= 0.6 is 0 Å². The Hall–Kier alpha value is -2.59. The van der Waals surface area contributed by atoms with Crippen LogP contribution in [-0.2, 0) is 11.2 Å². The van der Waals surface area contributed by atoms with Crippen LogP contribution in [0.2, 0.25) is 0 Å². The van der Waals surface area contributed by atoms with Crippen molar-refractivity contribution in [3.8, 4) is 0 Å². The van der Waals surface area contributed by atoms with Gasteiger partial charge in [-0.25, -0.2) is 4.79 Å². The molecule has 4 nitrogen and oxygen atoms in total. The van der Waals surface area contributed by atoms with Crippen molar-refractivity contribution in [2.45, 2.75) is 45.3 Å². The molecule has 3 aromatic rings. The molecule has 1 amide bonds. The summed E-state index contributed by atoms with van der Waals surface area (Å²) in [6.07, 6.45) is 0.642. The minimum absolute atomic E-state index is 0.00314. The maximum Gasteiger partial charge on any atom is 0.407 e. The molecular weight excluding hydrogens is 338 g/mol. The molecule has 1 atom stereocenters. The average molecular weight is 365 g/mol. The number of carbonyl (C=O) groups is 1. The van der Waals surface area contributed by atoms with Gasteiger partial charge in [-0.3, -0.25) is 0 Å². The van der Waals surface area contributed by atoms with E-state index in [2.05, 4.69) is 35.6 Å². The van der Waals surface area contributed by atoms with Crippen LogP contribution in [0.1, 0.15) is 32.8 Å². The summed E-state index contributed by atoms with van der Waals surface area (Å²) in [5.74, 6) is 0. The first-order valence-electron chi connectivity index (χ1n) is 9.37. The van der Waals surface area contributed by atoms with E-state index in [1.165, 1.54) is 27.1 Å². The standard InChI is InChI=1S/C23H27NO3/c1-23(2,3)27-22(26)24-18(12-13-25)15-21-19-10-6-4-8-16(19)14-17-9-5-7-11-20(17)21/h4-11,14,18,25H,12-13,15H2,1-3H3,(H,24,26). The molecule has 0 saturated heterocycles. The van der Waals surface area contributed by atoms with Crippen LogP contribution in [0.4, 0.5) is 4.79 Å². The monoisotopic (exact) mass is 365 g/mol. The molecule has 0 aliphatic carbocycles. The van der Waals surface area contributed by atoms with Gasteiger partial charge in [0.15, 0.2) is 0 Å². The maximum atomic E-state index is 12.2. The Bertz CT molecular complexity index is 889. The summed E-state index contributed by atoms with van der Waals surface area (Å²) in [7, 11) is 0. The normalized spacial score (nSPS) is 12.9. The van der Waals surface area contributed by atoms with E-state index >= 15 is 0 Å². The predicted octanol–water partition coefficient (Wildman–Crippen LogP) is 4.81. The van der Waals surface area contributed by atoms with Crippen molar-refractivity contribution in [1.82, 2.24) is 5.32 Å². The van der Waals surface area contributed by atoms with Gasteiger partial charge in [0.25, 0.3) is 0 Å². The second-order valence-electron chi connectivity index (χ2n) is 7.86. The fourth-order valence-corrected chi connectivity index (χ4v) is 3.43. The Morgan fingerprint density at radius 2 is 1.59 bits per heavy atom. The van der Waals surface area contributed by atoms with Crippen LogP contribution in [0, 0.1) is 0 Å². The fourth-order valence-electron chi connectivity index (χ4n) is 3.43. The van der Waals surface area contributed by atoms with Gasteiger partial charge in [-0.15, -0.1) is 0 Å². The van der Waals surface area contributed by atoms with Gasteiger partial charge in [0.2, 0.25) is 0 Å². The quantitative estimate of drug-likeness (QED) is 0.638. The number of aliphatic hydroxyl groups is 1. The summed E-state index contributed by atoms with van der Waals surface area (Å²) in [5, 5.41) is 17.1. The van der Waals surface area contributed by atoms with E-state index in [1.54, 1.807) is 0 Å². The van der Waals surface area contributed by atoms with Gasteiger partial charge in [-0.1, -0.05) is 48.5 Å². The number of hydrogen-bond acceptors (Lipinski definition) is 3. The average Bonchev–Trinajstić information content (AvgIpc) is 2.60. The Morgan fingerprint density at radius 3 is 2.11 bits per heavy atom. The number of alkyl carbamates (subject to hydrolysis) is 1. The highest BCUT2D eigenvalue weighted by molar-refractivity contribution is 6.02. The lowest BCUT2D eigenvalue weighted by atomic mass is 9.92. The lowest BCUT2D eigenvalue weighted by Gasteiger charge is -2.24. The molecule has 0 aromatic heterocycles. The van der Waals surface area contributed by atoms with Gasteiger partial charge in [-0.2, -0.15) is 0 Å². The van der Waals surface area contributed by atoms with Gasteiger partial charge >= 0.3 is 6.09 Å². The Morgan fingerprint density at radius 1 is 1.04 bits per heavy atom. The number of carbonyl (C=O) groups excluding carboxylic acids is 1. The lowest BCUT2D eigenvalue weighted by molar-refractivity contribution is 0.0497. The zero-order valence-corrected chi connectivity index (χ0v) is 16.2. The van der Waals surface area contributed by atoms with E-state index in [1.807, 2.05) is 45.0 Å². The molecule has 0 aliphatic rings. The molecular formula is C23H27NO3. The third kappa shape index (κ3) is 4.77. The molecule has 4 heteroatoms. The number of nitrogens with one attached hydrogen (secondary N) is 1. The third-order valence-corrected chi connectivity index (χ3v) is 4.53. The van der Waals surface area contributed by atoms with Crippen molar-refractivity contribution in [2.75, 3.05) is 6.61 Å². The summed E-state index contributed by atoms with van der Waals surface area (Å²) in [6.45, 7) is 5.52. The van der Waals surface area contributed by atoms with E-state index in [0.717, 1.165) is 0 Å². The Kier molecular flexibility index (Phi) is 5.66. The smallest absolute Gasteiger partial charge is 0.407 e. The largest absolute Gasteiger partial charge is 0.444 e. The molecule has 27 heavy (non-hydrogen) atoms. The SMILES string of the molecule is CC(C)(C)OC(=O)NC(CCO)Cc1c2ccccc2cc2ccccc12. The highest BCUT2D eigenvalue weighted by Gasteiger charge is 2.21. The minimum Gasteiger partial charge on any atom is -0.444 e. The van der Waals surface area contributed by atoms with Crippen molar-refractivity contribution in [2.24, 2.45) is 0 Å². The van der Waals surface area contributed by atoms with Gasteiger partial charge in [0.05, 0.1) is 0 Å². The Labute approximate surface area is 160 Å². The van der Waals surface area contributed by atoms with Crippen molar-refractivity contribution in [3.63, 3.8) is 0 Å². The fraction of sp³-hybridized carbons (Fsp3) is 0.348. The van der Waals surface area contributed by atoms with Crippen LogP contribution in [0.25, 0.3) is 21.5 Å². The van der Waals surface area contributed by atoms with E-state index in [4.69, 9.17) is 4.74 Å². The first kappa shape index (κ1) is 19.2. The first-order chi connectivity index (χ1) is 12.9. The zero-order valence-electron chi connectivity index (χ0n) is 16.2. The van der Waals surface area contributed by atoms with E-state index < -0.39 is 11.7 Å². The van der Waals surface area contributed by atoms with E-state index in [9.17, 15) is 9.90 Å². The summed E-state index contributed by atoms with van der Waals surface area (Å²) in [5.41, 5.74) is 0.623. The van der Waals surface area contributed by atoms with Crippen LogP contribution in [0.3, 0.4) is 0 Å². The number of hydrogen-bond donors (Lipinski definition) is 2. The van der Waals surface area contributed by atoms with E-state index in [-0.39, 0.29) is 12.6 Å². The second kappa shape index (κ2) is 7.97. The van der Waals surface area contributed by atoms with Crippen LogP contribution in [0.5, 0.6) is 0 Å². The molecule has 1 unspecified atom stereocenters. The van der Waals surface area contributed by atoms with Gasteiger partial charge < -0.3 is 15.2 Å². The number of ether oxygens (including phenoxy) is 1. The summed E-state index contributed by atoms with van der Waals surface area (Å²) in [6, 6.07) is 18.5. The third-order valence-electron chi connectivity index (χ3n) is 4.53. The number of amides is 1. The van der Waals surface area contributed by atoms with Crippen LogP contribution in [0.15, 0.2) is 54.6 Å². The molecule has 0 radical (unpaired) electrons. The maximum absolute atomic E-state index is 12.2.